The van der Waals surface area contributed by atoms with Crippen LogP contribution in [0.1, 0.15) is 99.3 Å². The zero-order valence-electron chi connectivity index (χ0n) is 42.8. The van der Waals surface area contributed by atoms with Gasteiger partial charge in [0.25, 0.3) is 0 Å². The van der Waals surface area contributed by atoms with Crippen LogP contribution in [0.15, 0.2) is 60.7 Å². The van der Waals surface area contributed by atoms with Crippen LogP contribution >= 0.6 is 0 Å². The molecule has 3 aromatic rings. The van der Waals surface area contributed by atoms with Gasteiger partial charge in [-0.25, -0.2) is 18.4 Å². The van der Waals surface area contributed by atoms with E-state index in [1.165, 1.54) is 26.8 Å². The Balaban J connectivity index is 0.774. The number of halogens is 8. The lowest BCUT2D eigenvalue weighted by atomic mass is 10.0. The normalized spacial score (nSPS) is 27.5. The molecule has 17 nitrogen and oxygen atoms in total. The summed E-state index contributed by atoms with van der Waals surface area (Å²) in [6, 6.07) is 5.13. The molecule has 4 heterocycles. The van der Waals surface area contributed by atoms with E-state index in [9.17, 15) is 68.7 Å². The van der Waals surface area contributed by atoms with Crippen LogP contribution in [0.3, 0.4) is 0 Å². The van der Waals surface area contributed by atoms with Gasteiger partial charge in [0.15, 0.2) is 0 Å². The average Bonchev–Trinajstić information content (AvgIpc) is 4.37. The molecule has 0 radical (unpaired) electrons. The number of urea groups is 2. The van der Waals surface area contributed by atoms with Crippen molar-refractivity contribution in [1.82, 2.24) is 40.9 Å². The van der Waals surface area contributed by atoms with Gasteiger partial charge in [-0.15, -0.1) is 0 Å². The number of nitrogens with zero attached hydrogens (tertiary/aromatic N) is 4. The van der Waals surface area contributed by atoms with Gasteiger partial charge < -0.3 is 51.5 Å². The Labute approximate surface area is 443 Å². The Bertz CT molecular complexity index is 2840. The minimum Gasteiger partial charge on any atom is -0.351 e. The quantitative estimate of drug-likeness (QED) is 0.121. The van der Waals surface area contributed by atoms with E-state index >= 15 is 0 Å². The number of carbonyl (C=O) groups is 7. The molecule has 0 unspecified atom stereocenters. The fourth-order valence-corrected chi connectivity index (χ4v) is 11.4. The number of amides is 9. The molecule has 78 heavy (non-hydrogen) atoms. The number of hydrogen-bond acceptors (Lipinski definition) is 8. The average molecular weight is 1100 g/mol. The molecule has 6 aliphatic rings. The number of likely N-dealkylation sites (N-methyl/N-ethyl adjacent to an activating group) is 1. The third kappa shape index (κ3) is 12.0. The molecule has 11 atom stereocenters. The lowest BCUT2D eigenvalue weighted by Gasteiger charge is -2.39. The summed E-state index contributed by atoms with van der Waals surface area (Å²) in [5.41, 5.74) is -1.40. The number of fused-ring (bicyclic) bond motifs is 2. The number of carbonyl (C=O) groups excluding carboxylic acids is 7. The van der Waals surface area contributed by atoms with Crippen LogP contribution < -0.4 is 31.9 Å². The Morgan fingerprint density at radius 3 is 1.45 bits per heavy atom. The zero-order chi connectivity index (χ0) is 56.1. The lowest BCUT2D eigenvalue weighted by molar-refractivity contribution is -0.144. The molecule has 420 valence electrons. The summed E-state index contributed by atoms with van der Waals surface area (Å²) in [4.78, 5) is 102. The maximum atomic E-state index is 14.4. The van der Waals surface area contributed by atoms with Crippen molar-refractivity contribution in [3.05, 3.63) is 94.6 Å². The minimum absolute atomic E-state index is 0.0412. The van der Waals surface area contributed by atoms with Crippen LogP contribution in [0, 0.1) is 17.6 Å². The van der Waals surface area contributed by atoms with Crippen LogP contribution in [0.5, 0.6) is 0 Å². The standard InChI is InChI=1S/C53H60F8N10O7/c1-26-24-68(18-16-32-10-14-43(70(32)48(26)75)46(73)65-40-22-34(40)28-4-12-36(38(54)20-28)52(56,57)58)50(77)63-30-6-8-31(9-7-30)64-51(78)69-19-17-33-11-15-44(71(33)49(76)42(25-69)67-45(72)27(2)62-3)47(74)66-41-23-35(41)29-5-13-37(39(55)21-29)53(59,60)61/h4-9,12-13,20-21,26-27,32-35,40-44,62H,10-11,14-19,22-25H2,1-3H3,(H,63,77)(H,64,78)(H,65,73)(H,66,74)(H,67,72)/t26-,27+,32-,33-,34-,35-,40+,41+,42+,43+,44+/m1/s1. The highest BCUT2D eigenvalue weighted by Gasteiger charge is 2.50. The second-order valence-corrected chi connectivity index (χ2v) is 21.3. The van der Waals surface area contributed by atoms with Crippen LogP contribution in [-0.2, 0) is 36.3 Å². The van der Waals surface area contributed by atoms with Gasteiger partial charge in [-0.05, 0) is 125 Å². The van der Waals surface area contributed by atoms with E-state index in [2.05, 4.69) is 31.9 Å². The smallest absolute Gasteiger partial charge is 0.351 e. The fraction of sp³-hybridized carbons (Fsp3) is 0.528. The third-order valence-electron chi connectivity index (χ3n) is 16.0. The number of nitrogens with one attached hydrogen (secondary N) is 6. The van der Waals surface area contributed by atoms with Gasteiger partial charge in [0.1, 0.15) is 29.8 Å². The van der Waals surface area contributed by atoms with Crippen LogP contribution in [0.25, 0.3) is 0 Å². The van der Waals surface area contributed by atoms with Gasteiger partial charge in [-0.2, -0.15) is 26.3 Å². The summed E-state index contributed by atoms with van der Waals surface area (Å²) in [5, 5.41) is 17.0. The molecule has 3 aromatic carbocycles. The topological polar surface area (TPSA) is 205 Å². The summed E-state index contributed by atoms with van der Waals surface area (Å²) in [5.74, 6) is -6.59. The molecule has 0 aromatic heterocycles. The van der Waals surface area contributed by atoms with Gasteiger partial charge in [-0.1, -0.05) is 19.1 Å². The van der Waals surface area contributed by atoms with E-state index in [1.54, 1.807) is 50.1 Å². The maximum Gasteiger partial charge on any atom is 0.419 e. The van der Waals surface area contributed by atoms with Crippen LogP contribution in [0.4, 0.5) is 56.1 Å². The third-order valence-corrected chi connectivity index (χ3v) is 16.0. The molecular weight excluding hydrogens is 1040 g/mol. The monoisotopic (exact) mass is 1100 g/mol. The second-order valence-electron chi connectivity index (χ2n) is 21.3. The van der Waals surface area contributed by atoms with Crippen molar-refractivity contribution >= 4 is 53.0 Å². The maximum absolute atomic E-state index is 14.4. The van der Waals surface area contributed by atoms with Gasteiger partial charge >= 0.3 is 24.4 Å². The first-order chi connectivity index (χ1) is 36.9. The van der Waals surface area contributed by atoms with E-state index in [0.29, 0.717) is 73.2 Å². The van der Waals surface area contributed by atoms with E-state index in [-0.39, 0.29) is 56.9 Å². The van der Waals surface area contributed by atoms with Gasteiger partial charge in [-0.3, -0.25) is 24.0 Å². The zero-order valence-corrected chi connectivity index (χ0v) is 42.8. The first kappa shape index (κ1) is 55.7. The van der Waals surface area contributed by atoms with Crippen LogP contribution in [-0.4, -0.2) is 143 Å². The van der Waals surface area contributed by atoms with E-state index in [4.69, 9.17) is 0 Å². The molecule has 6 fully saturated rings. The highest BCUT2D eigenvalue weighted by atomic mass is 19.4. The van der Waals surface area contributed by atoms with Gasteiger partial charge in [0, 0.05) is 67.0 Å². The van der Waals surface area contributed by atoms with Crippen molar-refractivity contribution in [3.8, 4) is 0 Å². The molecule has 0 bridgehead atoms. The number of alkyl halides is 6. The van der Waals surface area contributed by atoms with Crippen molar-refractivity contribution in [2.75, 3.05) is 43.9 Å². The molecule has 4 aliphatic heterocycles. The molecule has 4 saturated heterocycles. The largest absolute Gasteiger partial charge is 0.419 e. The number of anilines is 2. The summed E-state index contributed by atoms with van der Waals surface area (Å²) in [7, 11) is 1.56. The summed E-state index contributed by atoms with van der Waals surface area (Å²) < 4.78 is 107. The number of benzene rings is 3. The minimum atomic E-state index is -4.86. The molecular formula is C53H60F8N10O7. The fourth-order valence-electron chi connectivity index (χ4n) is 11.4. The van der Waals surface area contributed by atoms with Crippen molar-refractivity contribution in [2.24, 2.45) is 5.92 Å². The first-order valence-corrected chi connectivity index (χ1v) is 26.1. The Kier molecular flexibility index (Phi) is 15.7. The molecule has 2 aliphatic carbocycles. The highest BCUT2D eigenvalue weighted by Crippen LogP contribution is 2.45. The Hall–Kier alpha value is -7.05. The second kappa shape index (κ2) is 22.0. The van der Waals surface area contributed by atoms with E-state index in [1.807, 2.05) is 0 Å². The predicted octanol–water partition coefficient (Wildman–Crippen LogP) is 6.27. The van der Waals surface area contributed by atoms with Crippen LogP contribution in [0.2, 0.25) is 0 Å². The van der Waals surface area contributed by atoms with Gasteiger partial charge in [0.2, 0.25) is 29.5 Å². The Morgan fingerprint density at radius 2 is 1.03 bits per heavy atom. The molecule has 9 amide bonds. The number of rotatable bonds is 11. The van der Waals surface area contributed by atoms with Crippen molar-refractivity contribution in [2.45, 2.75) is 138 Å². The summed E-state index contributed by atoms with van der Waals surface area (Å²) >= 11 is 0. The summed E-state index contributed by atoms with van der Waals surface area (Å²) in [6.07, 6.45) is -6.72. The molecule has 25 heteroatoms. The van der Waals surface area contributed by atoms with E-state index in [0.717, 1.165) is 12.1 Å². The predicted molar refractivity (Wildman–Crippen MR) is 265 cm³/mol. The van der Waals surface area contributed by atoms with E-state index < -0.39 is 125 Å². The Morgan fingerprint density at radius 1 is 0.590 bits per heavy atom. The summed E-state index contributed by atoms with van der Waals surface area (Å²) in [6.45, 7) is 3.42. The molecule has 2 saturated carbocycles. The molecule has 0 spiro atoms. The SMILES string of the molecule is CN[C@@H](C)C(=O)N[C@H]1CN(C(=O)Nc2ccc(NC(=O)N3CC[C@H]4CC[C@@H](C(=O)N[C@H]5C[C@@H]5c5ccc(C(F)(F)F)c(F)c5)N4C(=O)[C@H](C)C3)cc2)CC[C@H]2CC[C@@H](C(=O)N[C@H]3C[C@@H]3c3ccc(C(F)(F)F)c(F)c3)N2C1=O. The van der Waals surface area contributed by atoms with Crippen molar-refractivity contribution in [3.63, 3.8) is 0 Å². The molecule has 6 N–H and O–H groups in total. The highest BCUT2D eigenvalue weighted by molar-refractivity contribution is 5.96. The van der Waals surface area contributed by atoms with Gasteiger partial charge in [0.05, 0.1) is 29.6 Å². The molecule has 9 rings (SSSR count). The first-order valence-electron chi connectivity index (χ1n) is 26.1. The van der Waals surface area contributed by atoms with Crippen molar-refractivity contribution < 1.29 is 68.7 Å². The lowest BCUT2D eigenvalue weighted by Crippen LogP contribution is -2.62. The number of hydrogen-bond donors (Lipinski definition) is 6. The van der Waals surface area contributed by atoms with Crippen molar-refractivity contribution in [1.29, 1.82) is 0 Å².